The molecule has 0 spiro atoms. The molecule has 0 fully saturated rings. The van der Waals surface area contributed by atoms with Crippen LogP contribution < -0.4 is 56.3 Å². The van der Waals surface area contributed by atoms with Crippen molar-refractivity contribution in [1.82, 2.24) is 0 Å². The Labute approximate surface area is 152 Å². The smallest absolute Gasteiger partial charge is 0.448 e. The molecule has 11 heteroatoms. The first kappa shape index (κ1) is 17.3. The van der Waals surface area contributed by atoms with E-state index in [1.54, 1.807) is 0 Å². The summed E-state index contributed by atoms with van der Waals surface area (Å²) in [5.74, 6) is -2.49. The molecule has 6 nitrogen and oxygen atoms in total. The van der Waals surface area contributed by atoms with E-state index < -0.39 is 35.7 Å². The van der Waals surface area contributed by atoms with Crippen LogP contribution in [-0.2, 0) is 4.79 Å². The van der Waals surface area contributed by atoms with Crippen LogP contribution in [0.25, 0.3) is 0 Å². The fraction of sp³-hybridized carbons (Fsp3) is 0.111. The van der Waals surface area contributed by atoms with Crippen LogP contribution in [0.4, 0.5) is 24.3 Å². The number of rotatable bonds is 3. The van der Waals surface area contributed by atoms with Gasteiger partial charge in [0.25, 0.3) is 17.4 Å². The molecule has 0 radical (unpaired) electrons. The molecule has 0 aliphatic carbocycles. The van der Waals surface area contributed by atoms with E-state index in [4.69, 9.17) is 0 Å². The molecule has 0 aromatic heterocycles. The van der Waals surface area contributed by atoms with Crippen molar-refractivity contribution in [3.63, 3.8) is 0 Å². The number of halogens is 3. The van der Waals surface area contributed by atoms with Crippen molar-refractivity contribution in [2.45, 2.75) is 0 Å². The fourth-order valence-electron chi connectivity index (χ4n) is 1.79. The third kappa shape index (κ3) is 3.28. The van der Waals surface area contributed by atoms with Gasteiger partial charge in [0.2, 0.25) is 0 Å². The normalized spacial score (nSPS) is 14.1. The van der Waals surface area contributed by atoms with E-state index in [9.17, 15) is 32.7 Å². The number of non-ortho nitro benzene ring substituents is 1. The molecule has 0 saturated carbocycles. The summed E-state index contributed by atoms with van der Waals surface area (Å²) in [6, 6.07) is 2.72. The molecular formula is C9H5BF3KN2O4. The summed E-state index contributed by atoms with van der Waals surface area (Å²) in [5.41, 5.74) is -1.08. The number of Topliss-reactive ketones (excluding diaryl/α,β-unsaturated/α-hetero) is 1. The number of nitro benzene ring substituents is 1. The van der Waals surface area contributed by atoms with E-state index in [0.29, 0.717) is 4.90 Å². The minimum atomic E-state index is -5.30. The summed E-state index contributed by atoms with van der Waals surface area (Å²) < 4.78 is 37.1. The first-order valence-electron chi connectivity index (χ1n) is 5.06. The molecule has 1 aliphatic rings. The number of nitro groups is 1. The number of fused-ring (bicyclic) bond motifs is 1. The van der Waals surface area contributed by atoms with Gasteiger partial charge in [-0.3, -0.25) is 19.7 Å². The van der Waals surface area contributed by atoms with Crippen molar-refractivity contribution < 1.29 is 78.8 Å². The Hall–Kier alpha value is -0.749. The van der Waals surface area contributed by atoms with Crippen LogP contribution in [0.1, 0.15) is 10.4 Å². The van der Waals surface area contributed by atoms with Gasteiger partial charge in [-0.1, -0.05) is 0 Å². The molecule has 0 bridgehead atoms. The van der Waals surface area contributed by atoms with Crippen molar-refractivity contribution in [2.75, 3.05) is 11.3 Å². The van der Waals surface area contributed by atoms with Crippen LogP contribution >= 0.6 is 0 Å². The van der Waals surface area contributed by atoms with Gasteiger partial charge in [0.15, 0.2) is 0 Å². The van der Waals surface area contributed by atoms with E-state index >= 15 is 0 Å². The summed E-state index contributed by atoms with van der Waals surface area (Å²) in [5, 5.41) is 10.5. The summed E-state index contributed by atoms with van der Waals surface area (Å²) in [7, 11) is 0. The zero-order chi connectivity index (χ0) is 14.4. The molecule has 20 heavy (non-hydrogen) atoms. The van der Waals surface area contributed by atoms with Crippen molar-refractivity contribution in [3.05, 3.63) is 33.9 Å². The predicted molar refractivity (Wildman–Crippen MR) is 58.9 cm³/mol. The van der Waals surface area contributed by atoms with Crippen LogP contribution in [0, 0.1) is 10.1 Å². The average Bonchev–Trinajstić information content (AvgIpc) is 2.52. The monoisotopic (exact) mass is 312 g/mol. The number of benzene rings is 1. The molecule has 0 saturated heterocycles. The van der Waals surface area contributed by atoms with Gasteiger partial charge >= 0.3 is 58.4 Å². The first-order chi connectivity index (χ1) is 8.70. The Kier molecular flexibility index (Phi) is 5.14. The molecule has 0 N–H and O–H groups in total. The number of carbonyl (C=O) groups excluding carboxylic acids is 2. The van der Waals surface area contributed by atoms with E-state index in [2.05, 4.69) is 0 Å². The largest absolute Gasteiger partial charge is 1.00 e. The Morgan fingerprint density at radius 2 is 1.85 bits per heavy atom. The molecule has 100 valence electrons. The van der Waals surface area contributed by atoms with Crippen molar-refractivity contribution >= 4 is 30.0 Å². The van der Waals surface area contributed by atoms with Gasteiger partial charge in [0.1, 0.15) is 0 Å². The third-order valence-corrected chi connectivity index (χ3v) is 2.56. The molecule has 0 unspecified atom stereocenters. The van der Waals surface area contributed by atoms with Gasteiger partial charge < -0.3 is 17.8 Å². The van der Waals surface area contributed by atoms with E-state index in [-0.39, 0.29) is 62.6 Å². The van der Waals surface area contributed by atoms with E-state index in [0.717, 1.165) is 18.2 Å². The number of carbonyl (C=O) groups is 2. The van der Waals surface area contributed by atoms with Crippen LogP contribution in [0.5, 0.6) is 0 Å². The van der Waals surface area contributed by atoms with Gasteiger partial charge in [0.05, 0.1) is 16.2 Å². The van der Waals surface area contributed by atoms with Crippen LogP contribution in [-0.4, -0.2) is 30.0 Å². The summed E-state index contributed by atoms with van der Waals surface area (Å²) in [4.78, 5) is 32.9. The predicted octanol–water partition coefficient (Wildman–Crippen LogP) is -1.49. The summed E-state index contributed by atoms with van der Waals surface area (Å²) >= 11 is 0. The maximum absolute atomic E-state index is 12.4. The molecular weight excluding hydrogens is 307 g/mol. The topological polar surface area (TPSA) is 80.5 Å². The quantitative estimate of drug-likeness (QED) is 0.295. The molecule has 1 aliphatic heterocycles. The zero-order valence-electron chi connectivity index (χ0n) is 10.2. The maximum Gasteiger partial charge on any atom is 1.00 e. The molecule has 1 aromatic carbocycles. The van der Waals surface area contributed by atoms with Gasteiger partial charge in [-0.2, -0.15) is 0 Å². The zero-order valence-corrected chi connectivity index (χ0v) is 13.3. The van der Waals surface area contributed by atoms with Crippen LogP contribution in [0.3, 0.4) is 0 Å². The SMILES string of the molecule is O=C1C(=O)N(C[B-](F)(F)F)c2ccc([N+](=O)[O-])cc21.[K+]. The van der Waals surface area contributed by atoms with Crippen molar-refractivity contribution in [1.29, 1.82) is 0 Å². The van der Waals surface area contributed by atoms with Gasteiger partial charge in [0, 0.05) is 12.1 Å². The third-order valence-electron chi connectivity index (χ3n) is 2.56. The van der Waals surface area contributed by atoms with Crippen molar-refractivity contribution in [2.24, 2.45) is 0 Å². The molecule has 2 rings (SSSR count). The Bertz CT molecular complexity index is 607. The number of hydrogen-bond donors (Lipinski definition) is 0. The minimum Gasteiger partial charge on any atom is -0.448 e. The molecule has 1 amide bonds. The number of anilines is 1. The average molecular weight is 312 g/mol. The molecule has 1 aromatic rings. The number of nitrogens with zero attached hydrogens (tertiary/aromatic N) is 2. The number of amides is 1. The Balaban J connectivity index is 0.00000200. The second kappa shape index (κ2) is 5.94. The molecule has 1 heterocycles. The van der Waals surface area contributed by atoms with Crippen LogP contribution in [0.2, 0.25) is 0 Å². The van der Waals surface area contributed by atoms with Gasteiger partial charge in [-0.15, -0.1) is 0 Å². The van der Waals surface area contributed by atoms with Gasteiger partial charge in [-0.25, -0.2) is 0 Å². The first-order valence-corrected chi connectivity index (χ1v) is 5.06. The molecule has 0 atom stereocenters. The Morgan fingerprint density at radius 3 is 2.35 bits per heavy atom. The number of hydrogen-bond acceptors (Lipinski definition) is 4. The minimum absolute atomic E-state index is 0. The second-order valence-electron chi connectivity index (χ2n) is 3.91. The van der Waals surface area contributed by atoms with E-state index in [1.807, 2.05) is 0 Å². The summed E-state index contributed by atoms with van der Waals surface area (Å²) in [6.07, 6.45) is -1.55. The second-order valence-corrected chi connectivity index (χ2v) is 3.91. The Morgan fingerprint density at radius 1 is 1.25 bits per heavy atom. The standard InChI is InChI=1S/C9H5BF3N2O4.K/c11-10(12,13)4-14-7-2-1-5(15(18)19)3-6(7)8(16)9(14)17;/h1-3H,4H2;/q-1;+1. The van der Waals surface area contributed by atoms with Gasteiger partial charge in [-0.05, 0) is 12.5 Å². The van der Waals surface area contributed by atoms with Crippen molar-refractivity contribution in [3.8, 4) is 0 Å². The fourth-order valence-corrected chi connectivity index (χ4v) is 1.79. The van der Waals surface area contributed by atoms with E-state index in [1.165, 1.54) is 0 Å². The maximum atomic E-state index is 12.4. The summed E-state index contributed by atoms with van der Waals surface area (Å²) in [6.45, 7) is -5.30. The number of ketones is 1. The van der Waals surface area contributed by atoms with Crippen LogP contribution in [0.15, 0.2) is 18.2 Å².